The van der Waals surface area contributed by atoms with Gasteiger partial charge in [0.15, 0.2) is 6.61 Å². The Balaban J connectivity index is 2.03. The van der Waals surface area contributed by atoms with Crippen molar-refractivity contribution in [2.24, 2.45) is 10.2 Å². The van der Waals surface area contributed by atoms with Gasteiger partial charge < -0.3 is 9.84 Å². The van der Waals surface area contributed by atoms with Crippen molar-refractivity contribution in [1.29, 1.82) is 0 Å². The fraction of sp³-hybridized carbons (Fsp3) is 0.154. The zero-order chi connectivity index (χ0) is 16.1. The van der Waals surface area contributed by atoms with Crippen molar-refractivity contribution < 1.29 is 14.6 Å². The molecule has 0 aliphatic carbocycles. The first kappa shape index (κ1) is 15.2. The van der Waals surface area contributed by atoms with E-state index in [1.165, 1.54) is 0 Å². The van der Waals surface area contributed by atoms with Gasteiger partial charge in [-0.3, -0.25) is 19.6 Å². The fourth-order valence-electron chi connectivity index (χ4n) is 1.55. The normalized spacial score (nSPS) is 10.8. The van der Waals surface area contributed by atoms with Gasteiger partial charge in [0.05, 0.1) is 0 Å². The van der Waals surface area contributed by atoms with Gasteiger partial charge in [-0.1, -0.05) is 12.1 Å². The number of nitrogens with one attached hydrogen (secondary N) is 2. The molecule has 22 heavy (non-hydrogen) atoms. The van der Waals surface area contributed by atoms with Crippen LogP contribution in [0, 0.1) is 6.92 Å². The van der Waals surface area contributed by atoms with Crippen molar-refractivity contribution in [2.45, 2.75) is 6.92 Å². The second kappa shape index (κ2) is 6.48. The van der Waals surface area contributed by atoms with E-state index in [-0.39, 0.29) is 6.61 Å². The number of carbonyl (C=O) groups is 1. The van der Waals surface area contributed by atoms with Crippen molar-refractivity contribution >= 4 is 11.6 Å². The molecule has 1 amide bonds. The fourth-order valence-corrected chi connectivity index (χ4v) is 1.55. The molecule has 9 heteroatoms. The Labute approximate surface area is 123 Å². The number of benzene rings is 1. The third kappa shape index (κ3) is 3.88. The van der Waals surface area contributed by atoms with Crippen LogP contribution in [0.3, 0.4) is 0 Å². The van der Waals surface area contributed by atoms with E-state index in [1.807, 2.05) is 23.0 Å². The maximum atomic E-state index is 11.5. The van der Waals surface area contributed by atoms with E-state index in [2.05, 4.69) is 10.2 Å². The number of amides is 1. The summed E-state index contributed by atoms with van der Waals surface area (Å²) in [5, 5.41) is 15.9. The molecule has 0 fully saturated rings. The van der Waals surface area contributed by atoms with Crippen LogP contribution in [0.4, 0.5) is 5.69 Å². The monoisotopic (exact) mass is 304 g/mol. The van der Waals surface area contributed by atoms with Crippen molar-refractivity contribution in [3.8, 4) is 11.6 Å². The lowest BCUT2D eigenvalue weighted by Crippen LogP contribution is -2.21. The Morgan fingerprint density at radius 3 is 2.77 bits per heavy atom. The Kier molecular flexibility index (Phi) is 4.47. The third-order valence-corrected chi connectivity index (χ3v) is 2.51. The molecule has 0 unspecified atom stereocenters. The molecule has 9 nitrogen and oxygen atoms in total. The minimum atomic E-state index is -0.961. The average molecular weight is 304 g/mol. The van der Waals surface area contributed by atoms with Gasteiger partial charge >= 0.3 is 11.6 Å². The lowest BCUT2D eigenvalue weighted by molar-refractivity contribution is -0.120. The number of hydrogen-bond donors (Lipinski definition) is 3. The van der Waals surface area contributed by atoms with Crippen LogP contribution in [-0.4, -0.2) is 27.6 Å². The Hall–Kier alpha value is -3.23. The van der Waals surface area contributed by atoms with Gasteiger partial charge in [-0.2, -0.15) is 0 Å². The Bertz CT molecular complexity index is 837. The van der Waals surface area contributed by atoms with Crippen molar-refractivity contribution in [1.82, 2.24) is 9.97 Å². The number of ether oxygens (including phenoxy) is 1. The summed E-state index contributed by atoms with van der Waals surface area (Å²) in [6, 6.07) is 7.06. The zero-order valence-electron chi connectivity index (χ0n) is 11.5. The number of aromatic hydroxyl groups is 1. The smallest absolute Gasteiger partial charge is 0.328 e. The minimum Gasteiger partial charge on any atom is -0.493 e. The number of rotatable bonds is 4. The standard InChI is InChI=1S/C13H12N4O5/c1-7-3-2-4-8(5-7)22-6-9(18)16-17-10-11(19)14-13(21)15-12(10)20/h2-5H,6H2,1H3,(H3,14,15,19,20,21). The first-order chi connectivity index (χ1) is 10.5. The van der Waals surface area contributed by atoms with E-state index >= 15 is 0 Å². The molecule has 1 aromatic heterocycles. The number of H-pyrrole nitrogens is 2. The summed E-state index contributed by atoms with van der Waals surface area (Å²) in [6.45, 7) is 1.49. The van der Waals surface area contributed by atoms with Gasteiger partial charge in [0.1, 0.15) is 5.75 Å². The molecular formula is C13H12N4O5. The second-order valence-electron chi connectivity index (χ2n) is 4.30. The topological polar surface area (TPSA) is 137 Å². The highest BCUT2D eigenvalue weighted by Gasteiger charge is 2.08. The highest BCUT2D eigenvalue weighted by molar-refractivity contribution is 5.78. The molecule has 0 aliphatic heterocycles. The molecular weight excluding hydrogens is 292 g/mol. The average Bonchev–Trinajstić information content (AvgIpc) is 2.44. The van der Waals surface area contributed by atoms with E-state index in [1.54, 1.807) is 18.2 Å². The predicted molar refractivity (Wildman–Crippen MR) is 75.5 cm³/mol. The summed E-state index contributed by atoms with van der Waals surface area (Å²) >= 11 is 0. The Morgan fingerprint density at radius 1 is 1.32 bits per heavy atom. The molecule has 2 aromatic rings. The van der Waals surface area contributed by atoms with E-state index in [9.17, 15) is 19.5 Å². The molecule has 0 aliphatic rings. The zero-order valence-corrected chi connectivity index (χ0v) is 11.5. The number of carbonyl (C=O) groups excluding carboxylic acids is 1. The molecule has 0 spiro atoms. The molecule has 0 saturated carbocycles. The van der Waals surface area contributed by atoms with Crippen molar-refractivity contribution in [2.75, 3.05) is 6.61 Å². The van der Waals surface area contributed by atoms with Crippen LogP contribution in [0.25, 0.3) is 0 Å². The quantitative estimate of drug-likeness (QED) is 0.716. The number of hydrogen-bond acceptors (Lipinski definition) is 6. The molecule has 1 heterocycles. The first-order valence-corrected chi connectivity index (χ1v) is 6.15. The van der Waals surface area contributed by atoms with Gasteiger partial charge in [0.25, 0.3) is 5.56 Å². The molecule has 1 aromatic carbocycles. The van der Waals surface area contributed by atoms with Crippen LogP contribution < -0.4 is 16.0 Å². The van der Waals surface area contributed by atoms with Gasteiger partial charge in [-0.15, -0.1) is 10.2 Å². The van der Waals surface area contributed by atoms with E-state index in [0.29, 0.717) is 5.75 Å². The van der Waals surface area contributed by atoms with Crippen LogP contribution in [0.2, 0.25) is 0 Å². The van der Waals surface area contributed by atoms with Gasteiger partial charge in [-0.25, -0.2) is 4.79 Å². The molecule has 0 radical (unpaired) electrons. The maximum Gasteiger partial charge on any atom is 0.328 e. The van der Waals surface area contributed by atoms with Gasteiger partial charge in [0, 0.05) is 0 Å². The van der Waals surface area contributed by atoms with Crippen molar-refractivity contribution in [3.05, 3.63) is 50.7 Å². The number of azo groups is 1. The maximum absolute atomic E-state index is 11.5. The lowest BCUT2D eigenvalue weighted by Gasteiger charge is -2.03. The van der Waals surface area contributed by atoms with Crippen LogP contribution in [-0.2, 0) is 4.79 Å². The van der Waals surface area contributed by atoms with Crippen LogP contribution >= 0.6 is 0 Å². The van der Waals surface area contributed by atoms with Crippen LogP contribution in [0.1, 0.15) is 5.56 Å². The molecule has 114 valence electrons. The molecule has 0 saturated heterocycles. The summed E-state index contributed by atoms with van der Waals surface area (Å²) in [4.78, 5) is 37.5. The summed E-state index contributed by atoms with van der Waals surface area (Å²) in [5.41, 5.74) is -1.45. The summed E-state index contributed by atoms with van der Waals surface area (Å²) in [7, 11) is 0. The van der Waals surface area contributed by atoms with Gasteiger partial charge in [-0.05, 0) is 24.6 Å². The molecule has 0 atom stereocenters. The van der Waals surface area contributed by atoms with Gasteiger partial charge in [0.2, 0.25) is 11.6 Å². The summed E-state index contributed by atoms with van der Waals surface area (Å²) < 4.78 is 5.21. The largest absolute Gasteiger partial charge is 0.493 e. The van der Waals surface area contributed by atoms with Crippen LogP contribution in [0.5, 0.6) is 11.6 Å². The Morgan fingerprint density at radius 2 is 2.09 bits per heavy atom. The molecule has 0 bridgehead atoms. The van der Waals surface area contributed by atoms with E-state index in [0.717, 1.165) is 5.56 Å². The van der Waals surface area contributed by atoms with E-state index in [4.69, 9.17) is 4.74 Å². The van der Waals surface area contributed by atoms with Crippen LogP contribution in [0.15, 0.2) is 44.1 Å². The number of aromatic amines is 2. The number of aryl methyl sites for hydroxylation is 1. The predicted octanol–water partition coefficient (Wildman–Crippen LogP) is 0.767. The molecule has 2 rings (SSSR count). The third-order valence-electron chi connectivity index (χ3n) is 2.51. The number of nitrogens with zero attached hydrogens (tertiary/aromatic N) is 2. The first-order valence-electron chi connectivity index (χ1n) is 6.15. The van der Waals surface area contributed by atoms with E-state index < -0.39 is 28.7 Å². The minimum absolute atomic E-state index is 0.380. The highest BCUT2D eigenvalue weighted by Crippen LogP contribution is 2.16. The highest BCUT2D eigenvalue weighted by atomic mass is 16.5. The second-order valence-corrected chi connectivity index (χ2v) is 4.30. The number of aromatic nitrogens is 2. The lowest BCUT2D eigenvalue weighted by atomic mass is 10.2. The SMILES string of the molecule is Cc1cccc(OCC(=O)N=Nc2c(O)[nH]c(=O)[nH]c2=O)c1. The summed E-state index contributed by atoms with van der Waals surface area (Å²) in [6.07, 6.45) is 0. The van der Waals surface area contributed by atoms with Crippen molar-refractivity contribution in [3.63, 3.8) is 0 Å². The summed E-state index contributed by atoms with van der Waals surface area (Å²) in [5.74, 6) is -1.04. The molecule has 3 N–H and O–H groups in total.